The van der Waals surface area contributed by atoms with Gasteiger partial charge in [0.25, 0.3) is 0 Å². The van der Waals surface area contributed by atoms with Crippen molar-refractivity contribution in [2.75, 3.05) is 25.1 Å². The van der Waals surface area contributed by atoms with E-state index < -0.39 is 18.2 Å². The summed E-state index contributed by atoms with van der Waals surface area (Å²) in [5.74, 6) is -0.0428. The zero-order chi connectivity index (χ0) is 12.4. The number of methoxy groups -OCH3 is 1. The van der Waals surface area contributed by atoms with E-state index in [1.165, 1.54) is 13.2 Å². The molecule has 0 aromatic carbocycles. The number of aliphatic hydroxyl groups excluding tert-OH is 2. The predicted octanol–water partition coefficient (Wildman–Crippen LogP) is -1.20. The lowest BCUT2D eigenvalue weighted by atomic mass is 10.3. The lowest BCUT2D eigenvalue weighted by molar-refractivity contribution is 0.0572. The lowest BCUT2D eigenvalue weighted by Crippen LogP contribution is -2.22. The molecule has 2 heterocycles. The molecule has 2 unspecified atom stereocenters. The maximum absolute atomic E-state index is 11.1. The van der Waals surface area contributed by atoms with Crippen LogP contribution in [0.3, 0.4) is 0 Å². The first-order chi connectivity index (χ1) is 8.11. The number of carbonyl (C=O) groups is 1. The van der Waals surface area contributed by atoms with Gasteiger partial charge in [0, 0.05) is 13.1 Å². The molecule has 0 spiro atoms. The Morgan fingerprint density at radius 2 is 2.00 bits per heavy atom. The van der Waals surface area contributed by atoms with Crippen LogP contribution in [0.5, 0.6) is 0 Å². The van der Waals surface area contributed by atoms with Gasteiger partial charge < -0.3 is 19.8 Å². The first-order valence-electron chi connectivity index (χ1n) is 5.15. The Morgan fingerprint density at radius 1 is 1.35 bits per heavy atom. The van der Waals surface area contributed by atoms with Crippen LogP contribution in [0.15, 0.2) is 12.1 Å². The Morgan fingerprint density at radius 3 is 2.47 bits per heavy atom. The van der Waals surface area contributed by atoms with Crippen molar-refractivity contribution in [1.82, 2.24) is 10.2 Å². The maximum Gasteiger partial charge on any atom is 0.358 e. The summed E-state index contributed by atoms with van der Waals surface area (Å²) in [7, 11) is 1.27. The van der Waals surface area contributed by atoms with E-state index in [2.05, 4.69) is 14.9 Å². The predicted molar refractivity (Wildman–Crippen MR) is 57.6 cm³/mol. The molecule has 7 heteroatoms. The number of carbonyl (C=O) groups excluding carboxylic acids is 1. The zero-order valence-electron chi connectivity index (χ0n) is 9.28. The molecule has 0 radical (unpaired) electrons. The Kier molecular flexibility index (Phi) is 3.21. The van der Waals surface area contributed by atoms with Crippen LogP contribution < -0.4 is 4.90 Å². The molecule has 1 aliphatic heterocycles. The van der Waals surface area contributed by atoms with E-state index in [0.29, 0.717) is 18.9 Å². The number of esters is 1. The molecule has 92 valence electrons. The Balaban J connectivity index is 2.11. The largest absolute Gasteiger partial charge is 0.464 e. The number of aromatic nitrogens is 2. The summed E-state index contributed by atoms with van der Waals surface area (Å²) in [4.78, 5) is 12.8. The monoisotopic (exact) mass is 239 g/mol. The first kappa shape index (κ1) is 11.7. The second-order valence-corrected chi connectivity index (χ2v) is 3.81. The van der Waals surface area contributed by atoms with Crippen molar-refractivity contribution in [3.8, 4) is 0 Å². The van der Waals surface area contributed by atoms with Crippen LogP contribution in [-0.2, 0) is 4.74 Å². The molecule has 1 fully saturated rings. The van der Waals surface area contributed by atoms with E-state index in [1.807, 2.05) is 0 Å². The van der Waals surface area contributed by atoms with E-state index in [-0.39, 0.29) is 5.69 Å². The van der Waals surface area contributed by atoms with Gasteiger partial charge in [-0.05, 0) is 12.1 Å². The average Bonchev–Trinajstić information content (AvgIpc) is 2.69. The highest BCUT2D eigenvalue weighted by Gasteiger charge is 2.30. The Bertz CT molecular complexity index is 399. The second kappa shape index (κ2) is 4.64. The van der Waals surface area contributed by atoms with E-state index in [4.69, 9.17) is 0 Å². The standard InChI is InChI=1S/C10H13N3O4/c1-17-10(16)6-2-3-9(12-11-6)13-4-7(14)8(15)5-13/h2-3,7-8,14-15H,4-5H2,1H3. The molecule has 0 bridgehead atoms. The number of nitrogens with zero attached hydrogens (tertiary/aromatic N) is 3. The van der Waals surface area contributed by atoms with Gasteiger partial charge in [-0.25, -0.2) is 4.79 Å². The number of aliphatic hydroxyl groups is 2. The van der Waals surface area contributed by atoms with Crippen molar-refractivity contribution in [2.45, 2.75) is 12.2 Å². The van der Waals surface area contributed by atoms with Crippen molar-refractivity contribution in [3.63, 3.8) is 0 Å². The third-order valence-corrected chi connectivity index (χ3v) is 2.63. The Hall–Kier alpha value is -1.73. The number of hydrogen-bond acceptors (Lipinski definition) is 7. The van der Waals surface area contributed by atoms with Gasteiger partial charge in [-0.2, -0.15) is 0 Å². The summed E-state index contributed by atoms with van der Waals surface area (Å²) in [6.45, 7) is 0.598. The third kappa shape index (κ3) is 2.34. The topological polar surface area (TPSA) is 95.8 Å². The van der Waals surface area contributed by atoms with Gasteiger partial charge in [-0.1, -0.05) is 0 Å². The number of β-amino-alcohol motifs (C(OH)–C–C–N with tert-alkyl or cyclic N) is 2. The molecule has 1 aromatic heterocycles. The number of hydrogen-bond donors (Lipinski definition) is 2. The first-order valence-corrected chi connectivity index (χ1v) is 5.15. The normalized spacial score (nSPS) is 23.8. The van der Waals surface area contributed by atoms with Crippen LogP contribution >= 0.6 is 0 Å². The van der Waals surface area contributed by atoms with Gasteiger partial charge in [0.1, 0.15) is 0 Å². The van der Waals surface area contributed by atoms with Crippen molar-refractivity contribution in [2.24, 2.45) is 0 Å². The molecule has 1 saturated heterocycles. The minimum Gasteiger partial charge on any atom is -0.464 e. The summed E-state index contributed by atoms with van der Waals surface area (Å²) in [5.41, 5.74) is 0.122. The fourth-order valence-electron chi connectivity index (χ4n) is 1.66. The molecule has 2 N–H and O–H groups in total. The van der Waals surface area contributed by atoms with Gasteiger partial charge >= 0.3 is 5.97 Å². The van der Waals surface area contributed by atoms with Crippen molar-refractivity contribution in [1.29, 1.82) is 0 Å². The molecule has 0 aliphatic carbocycles. The maximum atomic E-state index is 11.1. The SMILES string of the molecule is COC(=O)c1ccc(N2CC(O)C(O)C2)nn1. The number of anilines is 1. The van der Waals surface area contributed by atoms with Crippen LogP contribution in [0.2, 0.25) is 0 Å². The fraction of sp³-hybridized carbons (Fsp3) is 0.500. The smallest absolute Gasteiger partial charge is 0.358 e. The van der Waals surface area contributed by atoms with Crippen LogP contribution in [-0.4, -0.2) is 58.8 Å². The number of rotatable bonds is 2. The van der Waals surface area contributed by atoms with E-state index >= 15 is 0 Å². The summed E-state index contributed by atoms with van der Waals surface area (Å²) >= 11 is 0. The molecule has 0 saturated carbocycles. The van der Waals surface area contributed by atoms with Crippen LogP contribution in [0.1, 0.15) is 10.5 Å². The summed E-state index contributed by atoms with van der Waals surface area (Å²) in [5, 5.41) is 26.4. The fourth-order valence-corrected chi connectivity index (χ4v) is 1.66. The minimum atomic E-state index is -0.780. The quantitative estimate of drug-likeness (QED) is 0.626. The van der Waals surface area contributed by atoms with Crippen LogP contribution in [0, 0.1) is 0 Å². The van der Waals surface area contributed by atoms with E-state index in [0.717, 1.165) is 0 Å². The minimum absolute atomic E-state index is 0.122. The molecule has 1 aliphatic rings. The van der Waals surface area contributed by atoms with Gasteiger partial charge in [0.05, 0.1) is 19.3 Å². The van der Waals surface area contributed by atoms with Crippen LogP contribution in [0.4, 0.5) is 5.82 Å². The van der Waals surface area contributed by atoms with E-state index in [9.17, 15) is 15.0 Å². The molecule has 2 atom stereocenters. The summed E-state index contributed by atoms with van der Waals surface area (Å²) < 4.78 is 4.50. The molecule has 1 aromatic rings. The Labute approximate surface area is 97.6 Å². The molecular formula is C10H13N3O4. The van der Waals surface area contributed by atoms with Crippen molar-refractivity contribution < 1.29 is 19.7 Å². The lowest BCUT2D eigenvalue weighted by Gasteiger charge is -2.15. The highest BCUT2D eigenvalue weighted by atomic mass is 16.5. The molecule has 7 nitrogen and oxygen atoms in total. The second-order valence-electron chi connectivity index (χ2n) is 3.81. The average molecular weight is 239 g/mol. The van der Waals surface area contributed by atoms with Crippen molar-refractivity contribution in [3.05, 3.63) is 17.8 Å². The molecular weight excluding hydrogens is 226 g/mol. The number of ether oxygens (including phenoxy) is 1. The van der Waals surface area contributed by atoms with Crippen molar-refractivity contribution >= 4 is 11.8 Å². The van der Waals surface area contributed by atoms with E-state index in [1.54, 1.807) is 11.0 Å². The molecule has 2 rings (SSSR count). The van der Waals surface area contributed by atoms with Gasteiger partial charge in [-0.3, -0.25) is 0 Å². The molecule has 0 amide bonds. The highest BCUT2D eigenvalue weighted by molar-refractivity contribution is 5.86. The highest BCUT2D eigenvalue weighted by Crippen LogP contribution is 2.17. The van der Waals surface area contributed by atoms with Crippen LogP contribution in [0.25, 0.3) is 0 Å². The third-order valence-electron chi connectivity index (χ3n) is 2.63. The summed E-state index contributed by atoms with van der Waals surface area (Å²) in [6, 6.07) is 3.09. The van der Waals surface area contributed by atoms with Gasteiger partial charge in [-0.15, -0.1) is 10.2 Å². The zero-order valence-corrected chi connectivity index (χ0v) is 9.28. The molecule has 17 heavy (non-hydrogen) atoms. The van der Waals surface area contributed by atoms with Gasteiger partial charge in [0.2, 0.25) is 0 Å². The van der Waals surface area contributed by atoms with Gasteiger partial charge in [0.15, 0.2) is 11.5 Å². The summed E-state index contributed by atoms with van der Waals surface area (Å²) in [6.07, 6.45) is -1.56.